The van der Waals surface area contributed by atoms with Crippen molar-refractivity contribution in [1.29, 1.82) is 0 Å². The summed E-state index contributed by atoms with van der Waals surface area (Å²) in [4.78, 5) is 0. The van der Waals surface area contributed by atoms with E-state index in [0.29, 0.717) is 0 Å². The van der Waals surface area contributed by atoms with E-state index < -0.39 is 0 Å². The second-order valence-electron chi connectivity index (χ2n) is 5.84. The van der Waals surface area contributed by atoms with Crippen molar-refractivity contribution in [2.75, 3.05) is 7.05 Å². The van der Waals surface area contributed by atoms with Crippen LogP contribution in [-0.4, -0.2) is 7.05 Å². The molecule has 0 aliphatic carbocycles. The smallest absolute Gasteiger partial charge is 0.0451 e. The molecule has 21 heavy (non-hydrogen) atoms. The van der Waals surface area contributed by atoms with Crippen LogP contribution in [0.1, 0.15) is 33.4 Å². The van der Waals surface area contributed by atoms with E-state index in [1.165, 1.54) is 38.9 Å². The summed E-state index contributed by atoms with van der Waals surface area (Å²) in [6.07, 6.45) is 0. The largest absolute Gasteiger partial charge is 0.316 e. The Bertz CT molecular complexity index is 657. The molecule has 2 aromatic rings. The van der Waals surface area contributed by atoms with Crippen LogP contribution < -0.4 is 5.32 Å². The minimum Gasteiger partial charge on any atom is -0.316 e. The lowest BCUT2D eigenvalue weighted by Crippen LogP contribution is -2.06. The Labute approximate surface area is 133 Å². The summed E-state index contributed by atoms with van der Waals surface area (Å²) in [6.45, 7) is 11.9. The lowest BCUT2D eigenvalue weighted by molar-refractivity contribution is 0.818. The van der Waals surface area contributed by atoms with Gasteiger partial charge in [0.2, 0.25) is 0 Å². The van der Waals surface area contributed by atoms with Gasteiger partial charge in [-0.05, 0) is 98.3 Å². The molecule has 1 N–H and O–H groups in total. The molecule has 0 amide bonds. The SMILES string of the molecule is CNCc1cc(-c2c(C)c(C)c(C)c(C)c2C)ccc1Cl. The van der Waals surface area contributed by atoms with Gasteiger partial charge in [-0.2, -0.15) is 0 Å². The van der Waals surface area contributed by atoms with Gasteiger partial charge in [0.1, 0.15) is 0 Å². The second kappa shape index (κ2) is 6.21. The maximum Gasteiger partial charge on any atom is 0.0451 e. The molecule has 2 rings (SSSR count). The maximum absolute atomic E-state index is 6.29. The summed E-state index contributed by atoms with van der Waals surface area (Å²) in [5.41, 5.74) is 10.7. The molecule has 0 fully saturated rings. The van der Waals surface area contributed by atoms with E-state index in [4.69, 9.17) is 11.6 Å². The van der Waals surface area contributed by atoms with E-state index in [9.17, 15) is 0 Å². The number of hydrogen-bond donors (Lipinski definition) is 1. The Morgan fingerprint density at radius 2 is 1.38 bits per heavy atom. The van der Waals surface area contributed by atoms with E-state index in [1.54, 1.807) is 0 Å². The highest BCUT2D eigenvalue weighted by Gasteiger charge is 2.14. The molecule has 0 radical (unpaired) electrons. The number of hydrogen-bond acceptors (Lipinski definition) is 1. The number of rotatable bonds is 3. The Morgan fingerprint density at radius 3 is 1.90 bits per heavy atom. The fourth-order valence-electron chi connectivity index (χ4n) is 2.99. The fraction of sp³-hybridized carbons (Fsp3) is 0.368. The Balaban J connectivity index is 2.70. The molecule has 2 heteroatoms. The second-order valence-corrected chi connectivity index (χ2v) is 6.24. The Hall–Kier alpha value is -1.31. The van der Waals surface area contributed by atoms with Crippen molar-refractivity contribution in [3.8, 4) is 11.1 Å². The minimum atomic E-state index is 0.786. The van der Waals surface area contributed by atoms with E-state index in [1.807, 2.05) is 13.1 Å². The van der Waals surface area contributed by atoms with Gasteiger partial charge in [0.25, 0.3) is 0 Å². The molecule has 0 saturated carbocycles. The minimum absolute atomic E-state index is 0.786. The Morgan fingerprint density at radius 1 is 0.857 bits per heavy atom. The summed E-state index contributed by atoms with van der Waals surface area (Å²) in [5, 5.41) is 4.00. The van der Waals surface area contributed by atoms with Crippen molar-refractivity contribution in [3.63, 3.8) is 0 Å². The molecule has 0 unspecified atom stereocenters. The van der Waals surface area contributed by atoms with Gasteiger partial charge in [-0.25, -0.2) is 0 Å². The van der Waals surface area contributed by atoms with E-state index >= 15 is 0 Å². The van der Waals surface area contributed by atoms with Gasteiger partial charge in [0.05, 0.1) is 0 Å². The van der Waals surface area contributed by atoms with Gasteiger partial charge in [-0.3, -0.25) is 0 Å². The van der Waals surface area contributed by atoms with Crippen LogP contribution in [-0.2, 0) is 6.54 Å². The summed E-state index contributed by atoms with van der Waals surface area (Å²) in [6, 6.07) is 6.35. The normalized spacial score (nSPS) is 11.0. The molecule has 0 saturated heterocycles. The molecular formula is C19H24ClN. The Kier molecular flexibility index (Phi) is 4.75. The summed E-state index contributed by atoms with van der Waals surface area (Å²) in [5.74, 6) is 0. The summed E-state index contributed by atoms with van der Waals surface area (Å²) in [7, 11) is 1.94. The standard InChI is InChI=1S/C19H24ClN/c1-11-12(2)14(4)19(15(5)13(11)3)16-7-8-18(20)17(9-16)10-21-6/h7-9,21H,10H2,1-6H3. The first-order chi connectivity index (χ1) is 9.88. The first-order valence-electron chi connectivity index (χ1n) is 7.38. The van der Waals surface area contributed by atoms with Gasteiger partial charge in [0.15, 0.2) is 0 Å². The predicted molar refractivity (Wildman–Crippen MR) is 93.3 cm³/mol. The van der Waals surface area contributed by atoms with Gasteiger partial charge < -0.3 is 5.32 Å². The zero-order chi connectivity index (χ0) is 15.7. The van der Waals surface area contributed by atoms with Crippen molar-refractivity contribution in [2.45, 2.75) is 41.2 Å². The molecule has 2 aromatic carbocycles. The van der Waals surface area contributed by atoms with Crippen LogP contribution in [0.25, 0.3) is 11.1 Å². The van der Waals surface area contributed by atoms with Crippen LogP contribution in [0.3, 0.4) is 0 Å². The first-order valence-corrected chi connectivity index (χ1v) is 7.76. The molecular weight excluding hydrogens is 278 g/mol. The fourth-order valence-corrected chi connectivity index (χ4v) is 3.17. The zero-order valence-corrected chi connectivity index (χ0v) is 14.6. The van der Waals surface area contributed by atoms with Crippen molar-refractivity contribution in [3.05, 3.63) is 56.6 Å². The van der Waals surface area contributed by atoms with Crippen LogP contribution in [0.15, 0.2) is 18.2 Å². The molecule has 0 aromatic heterocycles. The maximum atomic E-state index is 6.29. The molecule has 0 heterocycles. The van der Waals surface area contributed by atoms with Crippen molar-refractivity contribution < 1.29 is 0 Å². The number of halogens is 1. The van der Waals surface area contributed by atoms with Gasteiger partial charge in [-0.1, -0.05) is 17.7 Å². The molecule has 0 aliphatic heterocycles. The third-order valence-corrected chi connectivity index (χ3v) is 5.07. The predicted octanol–water partition coefficient (Wildman–Crippen LogP) is 5.27. The molecule has 0 aliphatic rings. The monoisotopic (exact) mass is 301 g/mol. The van der Waals surface area contributed by atoms with Crippen molar-refractivity contribution >= 4 is 11.6 Å². The van der Waals surface area contributed by atoms with Crippen LogP contribution in [0.5, 0.6) is 0 Å². The third kappa shape index (κ3) is 2.86. The molecule has 112 valence electrons. The number of benzene rings is 2. The number of nitrogens with one attached hydrogen (secondary N) is 1. The van der Waals surface area contributed by atoms with E-state index in [-0.39, 0.29) is 0 Å². The van der Waals surface area contributed by atoms with E-state index in [0.717, 1.165) is 17.1 Å². The third-order valence-electron chi connectivity index (χ3n) is 4.70. The topological polar surface area (TPSA) is 12.0 Å². The molecule has 1 nitrogen and oxygen atoms in total. The highest BCUT2D eigenvalue weighted by molar-refractivity contribution is 6.31. The van der Waals surface area contributed by atoms with Crippen LogP contribution in [0.2, 0.25) is 5.02 Å². The summed E-state index contributed by atoms with van der Waals surface area (Å²) >= 11 is 6.29. The van der Waals surface area contributed by atoms with Crippen molar-refractivity contribution in [2.24, 2.45) is 0 Å². The van der Waals surface area contributed by atoms with Crippen LogP contribution in [0.4, 0.5) is 0 Å². The zero-order valence-electron chi connectivity index (χ0n) is 13.8. The van der Waals surface area contributed by atoms with Gasteiger partial charge in [-0.15, -0.1) is 0 Å². The van der Waals surface area contributed by atoms with Crippen LogP contribution >= 0.6 is 11.6 Å². The average Bonchev–Trinajstić information content (AvgIpc) is 2.47. The van der Waals surface area contributed by atoms with Gasteiger partial charge in [0, 0.05) is 11.6 Å². The summed E-state index contributed by atoms with van der Waals surface area (Å²) < 4.78 is 0. The lowest BCUT2D eigenvalue weighted by Gasteiger charge is -2.19. The molecule has 0 bridgehead atoms. The lowest BCUT2D eigenvalue weighted by atomic mass is 9.86. The van der Waals surface area contributed by atoms with Crippen molar-refractivity contribution in [1.82, 2.24) is 5.32 Å². The molecule has 0 atom stereocenters. The first kappa shape index (κ1) is 16.1. The highest BCUT2D eigenvalue weighted by atomic mass is 35.5. The van der Waals surface area contributed by atoms with Gasteiger partial charge >= 0.3 is 0 Å². The average molecular weight is 302 g/mol. The molecule has 0 spiro atoms. The van der Waals surface area contributed by atoms with Crippen LogP contribution in [0, 0.1) is 34.6 Å². The van der Waals surface area contributed by atoms with E-state index in [2.05, 4.69) is 52.1 Å². The highest BCUT2D eigenvalue weighted by Crippen LogP contribution is 2.35. The quantitative estimate of drug-likeness (QED) is 0.814.